The van der Waals surface area contributed by atoms with Crippen LogP contribution in [0.5, 0.6) is 0 Å². The van der Waals surface area contributed by atoms with E-state index >= 15 is 0 Å². The fraction of sp³-hybridized carbons (Fsp3) is 0.375. The molecule has 0 aliphatic rings. The molecule has 2 amide bonds. The normalized spacial score (nSPS) is 11.6. The van der Waals surface area contributed by atoms with Gasteiger partial charge in [0, 0.05) is 18.0 Å². The fourth-order valence-corrected chi connectivity index (χ4v) is 2.22. The number of H-pyrrole nitrogens is 1. The first-order chi connectivity index (χ1) is 9.68. The number of carbonyl (C=O) groups excluding carboxylic acids is 2. The van der Waals surface area contributed by atoms with E-state index in [2.05, 4.69) is 37.9 Å². The van der Waals surface area contributed by atoms with Crippen molar-refractivity contribution in [2.45, 2.75) is 26.2 Å². The number of hydrogen-bond donors (Lipinski definition) is 2. The highest BCUT2D eigenvalue weighted by molar-refractivity contribution is 5.99. The maximum Gasteiger partial charge on any atom is 0.270 e. The molecule has 0 spiro atoms. The second kappa shape index (κ2) is 5.24. The van der Waals surface area contributed by atoms with Crippen LogP contribution in [0, 0.1) is 0 Å². The van der Waals surface area contributed by atoms with E-state index in [0.717, 1.165) is 10.9 Å². The lowest BCUT2D eigenvalue weighted by molar-refractivity contribution is -0.118. The van der Waals surface area contributed by atoms with E-state index in [4.69, 9.17) is 5.73 Å². The maximum absolute atomic E-state index is 12.2. The van der Waals surface area contributed by atoms with Crippen molar-refractivity contribution in [1.29, 1.82) is 0 Å². The zero-order chi connectivity index (χ0) is 15.8. The topological polar surface area (TPSA) is 79.2 Å². The number of fused-ring (bicyclic) bond motifs is 1. The van der Waals surface area contributed by atoms with Gasteiger partial charge in [-0.3, -0.25) is 9.59 Å². The first-order valence-electron chi connectivity index (χ1n) is 6.85. The smallest absolute Gasteiger partial charge is 0.270 e. The number of aromatic amines is 1. The Morgan fingerprint density at radius 2 is 1.90 bits per heavy atom. The molecule has 0 aliphatic heterocycles. The highest BCUT2D eigenvalue weighted by Gasteiger charge is 2.18. The molecule has 0 bridgehead atoms. The van der Waals surface area contributed by atoms with Gasteiger partial charge in [-0.25, -0.2) is 0 Å². The summed E-state index contributed by atoms with van der Waals surface area (Å²) in [6.07, 6.45) is 0. The van der Waals surface area contributed by atoms with Crippen molar-refractivity contribution >= 4 is 22.7 Å². The molecule has 0 atom stereocenters. The summed E-state index contributed by atoms with van der Waals surface area (Å²) in [4.78, 5) is 27.5. The van der Waals surface area contributed by atoms with Gasteiger partial charge in [0.2, 0.25) is 5.91 Å². The fourth-order valence-electron chi connectivity index (χ4n) is 2.22. The highest BCUT2D eigenvalue weighted by Crippen LogP contribution is 2.26. The number of amides is 2. The van der Waals surface area contributed by atoms with Crippen molar-refractivity contribution in [3.63, 3.8) is 0 Å². The third-order valence-corrected chi connectivity index (χ3v) is 3.46. The molecule has 112 valence electrons. The van der Waals surface area contributed by atoms with Gasteiger partial charge in [-0.05, 0) is 23.1 Å². The summed E-state index contributed by atoms with van der Waals surface area (Å²) < 4.78 is 0. The van der Waals surface area contributed by atoms with Crippen LogP contribution in [0.15, 0.2) is 24.3 Å². The Bertz CT molecular complexity index is 695. The highest BCUT2D eigenvalue weighted by atomic mass is 16.2. The Morgan fingerprint density at radius 3 is 2.48 bits per heavy atom. The molecule has 0 saturated carbocycles. The zero-order valence-electron chi connectivity index (χ0n) is 12.9. The summed E-state index contributed by atoms with van der Waals surface area (Å²) in [6, 6.07) is 7.91. The Hall–Kier alpha value is -2.30. The van der Waals surface area contributed by atoms with Crippen LogP contribution in [-0.4, -0.2) is 35.3 Å². The quantitative estimate of drug-likeness (QED) is 0.905. The average Bonchev–Trinajstić information content (AvgIpc) is 2.78. The van der Waals surface area contributed by atoms with E-state index in [1.807, 2.05) is 6.07 Å². The van der Waals surface area contributed by atoms with Gasteiger partial charge >= 0.3 is 0 Å². The van der Waals surface area contributed by atoms with Gasteiger partial charge in [-0.2, -0.15) is 0 Å². The monoisotopic (exact) mass is 287 g/mol. The third kappa shape index (κ3) is 3.24. The van der Waals surface area contributed by atoms with Crippen LogP contribution in [-0.2, 0) is 10.2 Å². The van der Waals surface area contributed by atoms with Crippen LogP contribution < -0.4 is 5.73 Å². The van der Waals surface area contributed by atoms with Gasteiger partial charge in [-0.15, -0.1) is 0 Å². The first-order valence-corrected chi connectivity index (χ1v) is 6.85. The van der Waals surface area contributed by atoms with Gasteiger partial charge in [-0.1, -0.05) is 32.9 Å². The maximum atomic E-state index is 12.2. The molecular formula is C16H21N3O2. The standard InChI is InChI=1S/C16H21N3O2/c1-16(2,3)11-6-5-10-7-13(18-12(10)8-11)15(21)19(4)9-14(17)20/h5-8,18H,9H2,1-4H3,(H2,17,20). The third-order valence-electron chi connectivity index (χ3n) is 3.46. The number of rotatable bonds is 3. The van der Waals surface area contributed by atoms with Crippen LogP contribution in [0.25, 0.3) is 10.9 Å². The van der Waals surface area contributed by atoms with Gasteiger partial charge in [0.15, 0.2) is 0 Å². The molecule has 1 aromatic heterocycles. The minimum atomic E-state index is -0.531. The Labute approximate surface area is 124 Å². The van der Waals surface area contributed by atoms with Crippen molar-refractivity contribution < 1.29 is 9.59 Å². The number of nitrogens with two attached hydrogens (primary N) is 1. The molecule has 1 heterocycles. The van der Waals surface area contributed by atoms with Crippen molar-refractivity contribution in [3.05, 3.63) is 35.5 Å². The molecule has 5 heteroatoms. The van der Waals surface area contributed by atoms with Crippen LogP contribution in [0.2, 0.25) is 0 Å². The molecule has 2 rings (SSSR count). The Morgan fingerprint density at radius 1 is 1.24 bits per heavy atom. The van der Waals surface area contributed by atoms with Crippen molar-refractivity contribution in [2.75, 3.05) is 13.6 Å². The number of aromatic nitrogens is 1. The predicted molar refractivity (Wildman–Crippen MR) is 83.2 cm³/mol. The van der Waals surface area contributed by atoms with Crippen LogP contribution in [0.3, 0.4) is 0 Å². The molecule has 0 aliphatic carbocycles. The summed E-state index contributed by atoms with van der Waals surface area (Å²) >= 11 is 0. The Kier molecular flexibility index (Phi) is 3.77. The Balaban J connectivity index is 2.35. The molecule has 21 heavy (non-hydrogen) atoms. The van der Waals surface area contributed by atoms with E-state index in [1.54, 1.807) is 13.1 Å². The summed E-state index contributed by atoms with van der Waals surface area (Å²) in [5, 5.41) is 0.971. The molecule has 3 N–H and O–H groups in total. The molecule has 2 aromatic rings. The zero-order valence-corrected chi connectivity index (χ0v) is 12.9. The van der Waals surface area contributed by atoms with Crippen molar-refractivity contribution in [3.8, 4) is 0 Å². The van der Waals surface area contributed by atoms with Crippen LogP contribution in [0.4, 0.5) is 0 Å². The molecule has 0 radical (unpaired) electrons. The van der Waals surface area contributed by atoms with E-state index in [0.29, 0.717) is 5.69 Å². The largest absolute Gasteiger partial charge is 0.368 e. The van der Waals surface area contributed by atoms with E-state index < -0.39 is 5.91 Å². The number of carbonyl (C=O) groups is 2. The number of benzene rings is 1. The lowest BCUT2D eigenvalue weighted by Gasteiger charge is -2.18. The summed E-state index contributed by atoms with van der Waals surface area (Å²) in [5.74, 6) is -0.778. The summed E-state index contributed by atoms with van der Waals surface area (Å²) in [5.41, 5.74) is 7.73. The average molecular weight is 287 g/mol. The van der Waals surface area contributed by atoms with Gasteiger partial charge < -0.3 is 15.6 Å². The van der Waals surface area contributed by atoms with Gasteiger partial charge in [0.1, 0.15) is 5.69 Å². The molecule has 5 nitrogen and oxygen atoms in total. The molecule has 0 saturated heterocycles. The van der Waals surface area contributed by atoms with Gasteiger partial charge in [0.25, 0.3) is 5.91 Å². The van der Waals surface area contributed by atoms with E-state index in [9.17, 15) is 9.59 Å². The number of nitrogens with zero attached hydrogens (tertiary/aromatic N) is 1. The minimum Gasteiger partial charge on any atom is -0.368 e. The van der Waals surface area contributed by atoms with Crippen molar-refractivity contribution in [1.82, 2.24) is 9.88 Å². The predicted octanol–water partition coefficient (Wildman–Crippen LogP) is 2.02. The minimum absolute atomic E-state index is 0.0478. The molecular weight excluding hydrogens is 266 g/mol. The number of likely N-dealkylation sites (N-methyl/N-ethyl adjacent to an activating group) is 1. The lowest BCUT2D eigenvalue weighted by atomic mass is 9.87. The number of hydrogen-bond acceptors (Lipinski definition) is 2. The lowest BCUT2D eigenvalue weighted by Crippen LogP contribution is -2.35. The first kappa shape index (κ1) is 15.1. The summed E-state index contributed by atoms with van der Waals surface area (Å²) in [6.45, 7) is 6.33. The van der Waals surface area contributed by atoms with E-state index in [-0.39, 0.29) is 17.9 Å². The molecule has 0 fully saturated rings. The second-order valence-corrected chi connectivity index (χ2v) is 6.36. The molecule has 0 unspecified atom stereocenters. The van der Waals surface area contributed by atoms with Gasteiger partial charge in [0.05, 0.1) is 6.54 Å². The SMILES string of the molecule is CN(CC(N)=O)C(=O)c1cc2ccc(C(C)(C)C)cc2[nH]1. The number of primary amides is 1. The van der Waals surface area contributed by atoms with Crippen LogP contribution >= 0.6 is 0 Å². The van der Waals surface area contributed by atoms with E-state index in [1.165, 1.54) is 10.5 Å². The van der Waals surface area contributed by atoms with Crippen molar-refractivity contribution in [2.24, 2.45) is 5.73 Å². The number of nitrogens with one attached hydrogen (secondary N) is 1. The molecule has 1 aromatic carbocycles. The van der Waals surface area contributed by atoms with Crippen LogP contribution in [0.1, 0.15) is 36.8 Å². The second-order valence-electron chi connectivity index (χ2n) is 6.36. The summed E-state index contributed by atoms with van der Waals surface area (Å²) in [7, 11) is 1.55.